The Morgan fingerprint density at radius 3 is 2.71 bits per heavy atom. The van der Waals surface area contributed by atoms with E-state index in [9.17, 15) is 19.8 Å². The number of nitrogens with one attached hydrogen (secondary N) is 1. The number of amides is 2. The van der Waals surface area contributed by atoms with Crippen LogP contribution in [-0.4, -0.2) is 57.5 Å². The maximum Gasteiger partial charge on any atom is 0.255 e. The van der Waals surface area contributed by atoms with Crippen molar-refractivity contribution in [3.8, 4) is 6.07 Å². The van der Waals surface area contributed by atoms with E-state index >= 15 is 0 Å². The summed E-state index contributed by atoms with van der Waals surface area (Å²) in [6.07, 6.45) is 1.62. The van der Waals surface area contributed by atoms with Crippen LogP contribution in [0, 0.1) is 11.3 Å². The number of hydrogen-bond donors (Lipinski definition) is 3. The quantitative estimate of drug-likeness (QED) is 0.523. The van der Waals surface area contributed by atoms with Crippen LogP contribution in [0.3, 0.4) is 0 Å². The first kappa shape index (κ1) is 25.0. The lowest BCUT2D eigenvalue weighted by Gasteiger charge is -2.28. The number of allylic oxidation sites excluding steroid dienone is 1. The Hall–Kier alpha value is -3.12. The zero-order chi connectivity index (χ0) is 24.8. The second-order valence-corrected chi connectivity index (χ2v) is 10.3. The van der Waals surface area contributed by atoms with Gasteiger partial charge in [0.25, 0.3) is 11.8 Å². The SMILES string of the molecule is N#Cc1cccc(C2CCCN2C(=O)[C@H](O)[C@@H](O)C(=O)NCC2=CCC(Cc3ccccc3)S2)c1. The van der Waals surface area contributed by atoms with Crippen LogP contribution < -0.4 is 5.32 Å². The van der Waals surface area contributed by atoms with Gasteiger partial charge in [-0.2, -0.15) is 5.26 Å². The van der Waals surface area contributed by atoms with Gasteiger partial charge in [0.2, 0.25) is 0 Å². The van der Waals surface area contributed by atoms with Crippen LogP contribution in [0.2, 0.25) is 0 Å². The van der Waals surface area contributed by atoms with Gasteiger partial charge in [0, 0.05) is 23.2 Å². The first-order valence-corrected chi connectivity index (χ1v) is 12.7. The highest BCUT2D eigenvalue weighted by molar-refractivity contribution is 8.03. The van der Waals surface area contributed by atoms with E-state index in [4.69, 9.17) is 5.26 Å². The van der Waals surface area contributed by atoms with Crippen molar-refractivity contribution in [2.75, 3.05) is 13.1 Å². The lowest BCUT2D eigenvalue weighted by Crippen LogP contribution is -2.50. The molecule has 182 valence electrons. The average Bonchev–Trinajstić information content (AvgIpc) is 3.56. The van der Waals surface area contributed by atoms with Gasteiger partial charge >= 0.3 is 0 Å². The summed E-state index contributed by atoms with van der Waals surface area (Å²) in [5.74, 6) is -1.46. The van der Waals surface area contributed by atoms with Crippen LogP contribution in [0.25, 0.3) is 0 Å². The molecule has 4 rings (SSSR count). The summed E-state index contributed by atoms with van der Waals surface area (Å²) in [4.78, 5) is 28.0. The third kappa shape index (κ3) is 6.12. The second kappa shape index (κ2) is 11.5. The molecule has 2 aromatic carbocycles. The summed E-state index contributed by atoms with van der Waals surface area (Å²) in [6, 6.07) is 19.0. The Morgan fingerprint density at radius 1 is 1.14 bits per heavy atom. The minimum absolute atomic E-state index is 0.250. The molecule has 0 spiro atoms. The number of aliphatic hydroxyl groups excluding tert-OH is 2. The number of thioether (sulfide) groups is 1. The van der Waals surface area contributed by atoms with E-state index in [2.05, 4.69) is 29.6 Å². The number of carbonyl (C=O) groups excluding carboxylic acids is 2. The molecular weight excluding hydrogens is 462 g/mol. The number of nitrogens with zero attached hydrogens (tertiary/aromatic N) is 2. The number of likely N-dealkylation sites (tertiary alicyclic amines) is 1. The minimum atomic E-state index is -1.86. The van der Waals surface area contributed by atoms with Crippen molar-refractivity contribution in [3.05, 3.63) is 82.3 Å². The molecule has 8 heteroatoms. The molecule has 2 heterocycles. The average molecular weight is 492 g/mol. The Morgan fingerprint density at radius 2 is 1.94 bits per heavy atom. The number of nitriles is 1. The third-order valence-electron chi connectivity index (χ3n) is 6.43. The monoisotopic (exact) mass is 491 g/mol. The Labute approximate surface area is 209 Å². The maximum atomic E-state index is 13.0. The lowest BCUT2D eigenvalue weighted by molar-refractivity contribution is -0.153. The van der Waals surface area contributed by atoms with E-state index in [0.717, 1.165) is 29.7 Å². The molecule has 2 amide bonds. The fourth-order valence-electron chi connectivity index (χ4n) is 4.61. The highest BCUT2D eigenvalue weighted by Gasteiger charge is 2.38. The summed E-state index contributed by atoms with van der Waals surface area (Å²) in [5.41, 5.74) is 2.56. The highest BCUT2D eigenvalue weighted by Crippen LogP contribution is 2.34. The normalized spacial score (nSPS) is 21.2. The maximum absolute atomic E-state index is 13.0. The molecular formula is C27H29N3O4S. The Balaban J connectivity index is 1.28. The zero-order valence-electron chi connectivity index (χ0n) is 19.3. The molecule has 2 aliphatic heterocycles. The van der Waals surface area contributed by atoms with Gasteiger partial charge in [-0.3, -0.25) is 9.59 Å². The summed E-state index contributed by atoms with van der Waals surface area (Å²) in [5, 5.41) is 33.1. The Bertz CT molecular complexity index is 1130. The largest absolute Gasteiger partial charge is 0.380 e. The van der Waals surface area contributed by atoms with Crippen LogP contribution >= 0.6 is 11.8 Å². The zero-order valence-corrected chi connectivity index (χ0v) is 20.2. The van der Waals surface area contributed by atoms with E-state index in [1.165, 1.54) is 10.5 Å². The fourth-order valence-corrected chi connectivity index (χ4v) is 5.85. The first-order chi connectivity index (χ1) is 17.0. The van der Waals surface area contributed by atoms with Gasteiger partial charge in [0.15, 0.2) is 12.2 Å². The van der Waals surface area contributed by atoms with Crippen LogP contribution in [0.1, 0.15) is 42.0 Å². The molecule has 0 saturated carbocycles. The van der Waals surface area contributed by atoms with Gasteiger partial charge in [0.1, 0.15) is 0 Å². The predicted molar refractivity (Wildman–Crippen MR) is 134 cm³/mol. The summed E-state index contributed by atoms with van der Waals surface area (Å²) in [6.45, 7) is 0.665. The molecule has 0 aromatic heterocycles. The van der Waals surface area contributed by atoms with Crippen molar-refractivity contribution in [1.82, 2.24) is 10.2 Å². The van der Waals surface area contributed by atoms with Crippen molar-refractivity contribution in [2.24, 2.45) is 0 Å². The molecule has 1 saturated heterocycles. The molecule has 1 fully saturated rings. The molecule has 0 bridgehead atoms. The van der Waals surface area contributed by atoms with E-state index in [1.807, 2.05) is 24.3 Å². The topological polar surface area (TPSA) is 114 Å². The van der Waals surface area contributed by atoms with Gasteiger partial charge in [-0.1, -0.05) is 48.5 Å². The fraction of sp³-hybridized carbons (Fsp3) is 0.370. The van der Waals surface area contributed by atoms with Crippen LogP contribution in [0.4, 0.5) is 0 Å². The van der Waals surface area contributed by atoms with Crippen LogP contribution in [0.15, 0.2) is 65.6 Å². The predicted octanol–water partition coefficient (Wildman–Crippen LogP) is 2.69. The number of benzene rings is 2. The molecule has 0 radical (unpaired) electrons. The van der Waals surface area contributed by atoms with Crippen molar-refractivity contribution in [3.63, 3.8) is 0 Å². The van der Waals surface area contributed by atoms with Crippen LogP contribution in [0.5, 0.6) is 0 Å². The summed E-state index contributed by atoms with van der Waals surface area (Å²) < 4.78 is 0. The highest BCUT2D eigenvalue weighted by atomic mass is 32.2. The third-order valence-corrected chi connectivity index (χ3v) is 7.73. The Kier molecular flexibility index (Phi) is 8.24. The molecule has 2 aromatic rings. The smallest absolute Gasteiger partial charge is 0.255 e. The van der Waals surface area contributed by atoms with Gasteiger partial charge in [-0.15, -0.1) is 11.8 Å². The number of hydrogen-bond acceptors (Lipinski definition) is 6. The van der Waals surface area contributed by atoms with Gasteiger partial charge in [-0.05, 0) is 48.9 Å². The molecule has 7 nitrogen and oxygen atoms in total. The standard InChI is InChI=1S/C27H29N3O4S/c28-16-19-8-4-9-20(14-19)23-10-5-13-30(23)27(34)25(32)24(31)26(33)29-17-22-12-11-21(35-22)15-18-6-2-1-3-7-18/h1-4,6-9,12,14,21,23-25,31-32H,5,10-11,13,15,17H2,(H,29,33)/t21?,23?,24-,25-/m1/s1. The summed E-state index contributed by atoms with van der Waals surface area (Å²) >= 11 is 1.70. The number of aliphatic hydroxyl groups is 2. The second-order valence-electron chi connectivity index (χ2n) is 8.87. The van der Waals surface area contributed by atoms with Crippen LogP contribution in [-0.2, 0) is 16.0 Å². The summed E-state index contributed by atoms with van der Waals surface area (Å²) in [7, 11) is 0. The van der Waals surface area contributed by atoms with Gasteiger partial charge < -0.3 is 20.4 Å². The first-order valence-electron chi connectivity index (χ1n) is 11.8. The van der Waals surface area contributed by atoms with Gasteiger partial charge in [0.05, 0.1) is 17.7 Å². The lowest BCUT2D eigenvalue weighted by atomic mass is 10.0. The number of rotatable bonds is 8. The van der Waals surface area contributed by atoms with E-state index in [0.29, 0.717) is 23.8 Å². The molecule has 3 N–H and O–H groups in total. The minimum Gasteiger partial charge on any atom is -0.380 e. The molecule has 2 unspecified atom stereocenters. The number of carbonyl (C=O) groups is 2. The van der Waals surface area contributed by atoms with Crippen molar-refractivity contribution in [2.45, 2.75) is 49.2 Å². The molecule has 2 aliphatic rings. The molecule has 35 heavy (non-hydrogen) atoms. The van der Waals surface area contributed by atoms with Crippen molar-refractivity contribution in [1.29, 1.82) is 5.26 Å². The van der Waals surface area contributed by atoms with Gasteiger partial charge in [-0.25, -0.2) is 0 Å². The van der Waals surface area contributed by atoms with E-state index < -0.39 is 24.0 Å². The van der Waals surface area contributed by atoms with E-state index in [1.54, 1.807) is 30.0 Å². The van der Waals surface area contributed by atoms with Crippen molar-refractivity contribution >= 4 is 23.6 Å². The molecule has 4 atom stereocenters. The van der Waals surface area contributed by atoms with Crippen molar-refractivity contribution < 1.29 is 19.8 Å². The van der Waals surface area contributed by atoms with E-state index in [-0.39, 0.29) is 12.6 Å². The molecule has 0 aliphatic carbocycles.